The van der Waals surface area contributed by atoms with Crippen molar-refractivity contribution in [3.05, 3.63) is 182 Å². The molecule has 0 atom stereocenters. The fraction of sp³-hybridized carbons (Fsp3) is 0. The predicted octanol–water partition coefficient (Wildman–Crippen LogP) is 14.0. The summed E-state index contributed by atoms with van der Waals surface area (Å²) in [7, 11) is 0. The summed E-state index contributed by atoms with van der Waals surface area (Å²) >= 11 is 3.60. The van der Waals surface area contributed by atoms with Crippen molar-refractivity contribution < 1.29 is 0 Å². The zero-order chi connectivity index (χ0) is 37.0. The van der Waals surface area contributed by atoms with Crippen LogP contribution in [0.15, 0.2) is 182 Å². The van der Waals surface area contributed by atoms with Gasteiger partial charge in [0.1, 0.15) is 5.01 Å². The molecule has 0 bridgehead atoms. The van der Waals surface area contributed by atoms with E-state index in [0.29, 0.717) is 17.5 Å². The molecule has 6 heteroatoms. The zero-order valence-corrected chi connectivity index (χ0v) is 31.6. The van der Waals surface area contributed by atoms with Crippen molar-refractivity contribution in [3.8, 4) is 67.0 Å². The van der Waals surface area contributed by atoms with E-state index in [-0.39, 0.29) is 0 Å². The fourth-order valence-electron chi connectivity index (χ4n) is 7.76. The van der Waals surface area contributed by atoms with Crippen molar-refractivity contribution in [3.63, 3.8) is 0 Å². The Morgan fingerprint density at radius 1 is 0.321 bits per heavy atom. The number of benzene rings is 8. The van der Waals surface area contributed by atoms with Crippen molar-refractivity contribution in [1.82, 2.24) is 19.9 Å². The number of rotatable bonds is 6. The summed E-state index contributed by atoms with van der Waals surface area (Å²) in [6, 6.07) is 63.7. The Morgan fingerprint density at radius 2 is 0.875 bits per heavy atom. The maximum atomic E-state index is 5.39. The van der Waals surface area contributed by atoms with Gasteiger partial charge in [0.15, 0.2) is 17.5 Å². The number of hydrogen-bond acceptors (Lipinski definition) is 6. The molecule has 0 unspecified atom stereocenters. The van der Waals surface area contributed by atoms with E-state index in [1.165, 1.54) is 24.9 Å². The molecule has 4 nitrogen and oxygen atoms in total. The summed E-state index contributed by atoms with van der Waals surface area (Å²) < 4.78 is 3.71. The molecule has 0 spiro atoms. The topological polar surface area (TPSA) is 51.6 Å². The van der Waals surface area contributed by atoms with Crippen LogP contribution in [0.1, 0.15) is 0 Å². The van der Waals surface area contributed by atoms with Gasteiger partial charge in [-0.05, 0) is 51.7 Å². The molecule has 8 aromatic carbocycles. The lowest BCUT2D eigenvalue weighted by molar-refractivity contribution is 1.08. The summed E-state index contributed by atoms with van der Waals surface area (Å²) in [5.74, 6) is 1.90. The Labute approximate surface area is 331 Å². The smallest absolute Gasteiger partial charge is 0.164 e. The number of nitrogens with zero attached hydrogens (tertiary/aromatic N) is 4. The Hall–Kier alpha value is -6.86. The third-order valence-electron chi connectivity index (χ3n) is 10.4. The quantitative estimate of drug-likeness (QED) is 0.170. The monoisotopic (exact) mass is 750 g/mol. The van der Waals surface area contributed by atoms with Crippen LogP contribution in [0.3, 0.4) is 0 Å². The summed E-state index contributed by atoms with van der Waals surface area (Å²) in [6.45, 7) is 0. The van der Waals surface area contributed by atoms with Gasteiger partial charge in [-0.3, -0.25) is 0 Å². The molecule has 0 aliphatic heterocycles. The Bertz CT molecular complexity index is 3240. The van der Waals surface area contributed by atoms with E-state index in [1.807, 2.05) is 35.6 Å². The van der Waals surface area contributed by atoms with Crippen LogP contribution < -0.4 is 0 Å². The van der Waals surface area contributed by atoms with Gasteiger partial charge in [0.05, 0.1) is 10.2 Å². The summed E-state index contributed by atoms with van der Waals surface area (Å²) in [6.07, 6.45) is 0. The molecule has 56 heavy (non-hydrogen) atoms. The molecule has 0 radical (unpaired) electrons. The van der Waals surface area contributed by atoms with E-state index < -0.39 is 0 Å². The second-order valence-corrected chi connectivity index (χ2v) is 15.9. The van der Waals surface area contributed by atoms with E-state index in [2.05, 4.69) is 158 Å². The SMILES string of the molecule is c1ccc(-c2cccc(-c3nc(-c4ccccc4)nc(-c4ccc(-c5c6nc(-c7ccccc7)sc6cc6sc7ccccc7c56)c5ccccc45)n3)c2)cc1. The lowest BCUT2D eigenvalue weighted by Crippen LogP contribution is -2.01. The van der Waals surface area contributed by atoms with Gasteiger partial charge in [-0.15, -0.1) is 22.7 Å². The van der Waals surface area contributed by atoms with E-state index in [0.717, 1.165) is 65.8 Å². The number of thiophene rings is 1. The molecule has 0 saturated carbocycles. The molecule has 262 valence electrons. The first-order valence-corrected chi connectivity index (χ1v) is 20.2. The first kappa shape index (κ1) is 32.6. The van der Waals surface area contributed by atoms with Gasteiger partial charge in [0.2, 0.25) is 0 Å². The highest BCUT2D eigenvalue weighted by atomic mass is 32.1. The Balaban J connectivity index is 1.15. The average molecular weight is 751 g/mol. The van der Waals surface area contributed by atoms with Crippen molar-refractivity contribution in [2.24, 2.45) is 0 Å². The predicted molar refractivity (Wildman–Crippen MR) is 236 cm³/mol. The number of aromatic nitrogens is 4. The number of thiazole rings is 1. The molecule has 0 aliphatic carbocycles. The maximum absolute atomic E-state index is 5.39. The van der Waals surface area contributed by atoms with E-state index in [1.54, 1.807) is 11.3 Å². The summed E-state index contributed by atoms with van der Waals surface area (Å²) in [4.78, 5) is 20.9. The average Bonchev–Trinajstić information content (AvgIpc) is 3.88. The second-order valence-electron chi connectivity index (χ2n) is 13.8. The van der Waals surface area contributed by atoms with Gasteiger partial charge in [-0.1, -0.05) is 158 Å². The van der Waals surface area contributed by atoms with Crippen LogP contribution >= 0.6 is 22.7 Å². The van der Waals surface area contributed by atoms with Crippen LogP contribution in [0, 0.1) is 0 Å². The standard InChI is InChI=1S/C50H30N4S2/c1-4-15-31(16-5-1)34-21-14-22-35(29-34)48-52-47(32-17-6-2-7-18-32)53-49(54-48)39-28-27-38(36-23-10-11-24-37(36)39)45-44-40-25-12-13-26-41(40)55-42(44)30-43-46(45)51-50(56-43)33-19-8-3-9-20-33/h1-30H. The van der Waals surface area contributed by atoms with Gasteiger partial charge < -0.3 is 0 Å². The minimum Gasteiger partial charge on any atom is -0.235 e. The van der Waals surface area contributed by atoms with Gasteiger partial charge in [0, 0.05) is 48.0 Å². The minimum absolute atomic E-state index is 0.631. The molecule has 0 saturated heterocycles. The fourth-order valence-corrected chi connectivity index (χ4v) is 10.0. The normalized spacial score (nSPS) is 11.6. The van der Waals surface area contributed by atoms with Gasteiger partial charge >= 0.3 is 0 Å². The second kappa shape index (κ2) is 13.5. The molecule has 0 amide bonds. The molecule has 3 heterocycles. The molecule has 11 aromatic rings. The van der Waals surface area contributed by atoms with E-state index in [9.17, 15) is 0 Å². The maximum Gasteiger partial charge on any atom is 0.164 e. The highest BCUT2D eigenvalue weighted by Crippen LogP contribution is 2.48. The van der Waals surface area contributed by atoms with Gasteiger partial charge in [-0.2, -0.15) is 0 Å². The van der Waals surface area contributed by atoms with Crippen LogP contribution in [0.2, 0.25) is 0 Å². The lowest BCUT2D eigenvalue weighted by Gasteiger charge is -2.14. The third kappa shape index (κ3) is 5.58. The number of fused-ring (bicyclic) bond motifs is 5. The molecular weight excluding hydrogens is 721 g/mol. The van der Waals surface area contributed by atoms with Crippen LogP contribution in [-0.2, 0) is 0 Å². The molecule has 0 aliphatic rings. The minimum atomic E-state index is 0.631. The van der Waals surface area contributed by atoms with Gasteiger partial charge in [-0.25, -0.2) is 19.9 Å². The van der Waals surface area contributed by atoms with Crippen molar-refractivity contribution in [1.29, 1.82) is 0 Å². The number of hydrogen-bond donors (Lipinski definition) is 0. The van der Waals surface area contributed by atoms with Crippen LogP contribution in [0.25, 0.3) is 108 Å². The highest BCUT2D eigenvalue weighted by molar-refractivity contribution is 7.27. The molecule has 11 rings (SSSR count). The first-order valence-electron chi connectivity index (χ1n) is 18.6. The molecule has 3 aromatic heterocycles. The summed E-state index contributed by atoms with van der Waals surface area (Å²) in [5, 5.41) is 5.71. The van der Waals surface area contributed by atoms with Gasteiger partial charge in [0.25, 0.3) is 0 Å². The molecule has 0 N–H and O–H groups in total. The highest BCUT2D eigenvalue weighted by Gasteiger charge is 2.22. The van der Waals surface area contributed by atoms with Crippen molar-refractivity contribution in [2.45, 2.75) is 0 Å². The van der Waals surface area contributed by atoms with E-state index in [4.69, 9.17) is 19.9 Å². The van der Waals surface area contributed by atoms with Crippen LogP contribution in [0.5, 0.6) is 0 Å². The van der Waals surface area contributed by atoms with E-state index >= 15 is 0 Å². The zero-order valence-electron chi connectivity index (χ0n) is 29.9. The summed E-state index contributed by atoms with van der Waals surface area (Å²) in [5.41, 5.74) is 9.53. The molecule has 0 fully saturated rings. The Morgan fingerprint density at radius 3 is 1.62 bits per heavy atom. The van der Waals surface area contributed by atoms with Crippen LogP contribution in [0.4, 0.5) is 0 Å². The van der Waals surface area contributed by atoms with Crippen molar-refractivity contribution >= 4 is 63.8 Å². The molecular formula is C50H30N4S2. The Kier molecular flexibility index (Phi) is 7.83. The first-order chi connectivity index (χ1) is 27.7. The third-order valence-corrected chi connectivity index (χ3v) is 12.5. The largest absolute Gasteiger partial charge is 0.235 e. The van der Waals surface area contributed by atoms with Crippen molar-refractivity contribution in [2.75, 3.05) is 0 Å². The lowest BCUT2D eigenvalue weighted by atomic mass is 9.91. The van der Waals surface area contributed by atoms with Crippen LogP contribution in [-0.4, -0.2) is 19.9 Å².